The van der Waals surface area contributed by atoms with Crippen LogP contribution in [0.5, 0.6) is 0 Å². The van der Waals surface area contributed by atoms with Crippen LogP contribution >= 0.6 is 7.82 Å². The van der Waals surface area contributed by atoms with Gasteiger partial charge < -0.3 is 20.1 Å². The first-order valence-corrected chi connectivity index (χ1v) is 15.0. The summed E-state index contributed by atoms with van der Waals surface area (Å²) >= 11 is 0. The van der Waals surface area contributed by atoms with E-state index in [1.807, 2.05) is 0 Å². The minimum atomic E-state index is -3.90. The van der Waals surface area contributed by atoms with Crippen molar-refractivity contribution >= 4 is 31.2 Å². The zero-order valence-electron chi connectivity index (χ0n) is 22.6. The molecule has 13 heteroatoms. The number of unbranched alkanes of at least 4 members (excludes halogenated alkanes) is 4. The minimum absolute atomic E-state index is 0.0233. The van der Waals surface area contributed by atoms with E-state index in [9.17, 15) is 28.6 Å². The third-order valence-electron chi connectivity index (χ3n) is 6.02. The molecule has 1 rings (SSSR count). The third-order valence-corrected chi connectivity index (χ3v) is 7.12. The normalized spacial score (nSPS) is 17.2. The summed E-state index contributed by atoms with van der Waals surface area (Å²) in [6.07, 6.45) is 6.16. The van der Waals surface area contributed by atoms with E-state index in [1.165, 1.54) is 0 Å². The average molecular weight is 565 g/mol. The maximum Gasteiger partial charge on any atom is 0.472 e. The molecule has 0 spiro atoms. The smallest absolute Gasteiger partial charge is 0.379 e. The number of Topliss-reactive ketones (excluding diaryl/α,β-unsaturated/α-hetero) is 2. The Balaban J connectivity index is 1.88. The molecule has 0 aromatic heterocycles. The van der Waals surface area contributed by atoms with E-state index >= 15 is 0 Å². The third kappa shape index (κ3) is 15.8. The van der Waals surface area contributed by atoms with Crippen LogP contribution in [0.1, 0.15) is 77.6 Å². The standard InChI is InChI=1S/C25H45N2O10P/c1-2-36-38(32,33)37-15-7-5-3-4-6-9-23(29)12-16-35-18-17-34-14-8-10-22(28)11-13-27-24(30)19-21(20-26)25(27)31/h21H,2-20,26H2,1H3,(H,32,33). The number of nitrogens with two attached hydrogens (primary N) is 1. The Morgan fingerprint density at radius 1 is 0.868 bits per heavy atom. The number of hydrogen-bond donors (Lipinski definition) is 2. The van der Waals surface area contributed by atoms with Crippen molar-refractivity contribution in [2.75, 3.05) is 52.7 Å². The predicted octanol–water partition coefficient (Wildman–Crippen LogP) is 2.55. The quantitative estimate of drug-likeness (QED) is 0.0948. The van der Waals surface area contributed by atoms with Crippen molar-refractivity contribution in [2.24, 2.45) is 11.7 Å². The number of carbonyl (C=O) groups excluding carboxylic acids is 4. The van der Waals surface area contributed by atoms with Crippen LogP contribution in [0.3, 0.4) is 0 Å². The van der Waals surface area contributed by atoms with Crippen molar-refractivity contribution in [2.45, 2.75) is 77.6 Å². The molecule has 0 saturated carbocycles. The zero-order valence-corrected chi connectivity index (χ0v) is 23.5. The maximum atomic E-state index is 12.0. The minimum Gasteiger partial charge on any atom is -0.379 e. The molecule has 12 nitrogen and oxygen atoms in total. The van der Waals surface area contributed by atoms with Gasteiger partial charge >= 0.3 is 7.82 Å². The molecule has 1 aliphatic heterocycles. The van der Waals surface area contributed by atoms with Gasteiger partial charge in [-0.05, 0) is 26.2 Å². The molecule has 1 heterocycles. The summed E-state index contributed by atoms with van der Waals surface area (Å²) in [6.45, 7) is 3.67. The largest absolute Gasteiger partial charge is 0.472 e. The van der Waals surface area contributed by atoms with Crippen molar-refractivity contribution in [3.05, 3.63) is 0 Å². The molecule has 0 aliphatic carbocycles. The van der Waals surface area contributed by atoms with Crippen LogP contribution in [-0.4, -0.2) is 85.9 Å². The van der Waals surface area contributed by atoms with Crippen LogP contribution in [-0.2, 0) is 42.3 Å². The van der Waals surface area contributed by atoms with Crippen molar-refractivity contribution in [3.63, 3.8) is 0 Å². The van der Waals surface area contributed by atoms with Crippen molar-refractivity contribution in [1.29, 1.82) is 0 Å². The van der Waals surface area contributed by atoms with Crippen LogP contribution in [0.2, 0.25) is 0 Å². The van der Waals surface area contributed by atoms with Crippen LogP contribution in [0.25, 0.3) is 0 Å². The second-order valence-corrected chi connectivity index (χ2v) is 10.6. The molecular formula is C25H45N2O10P. The van der Waals surface area contributed by atoms with Gasteiger partial charge in [0.1, 0.15) is 11.6 Å². The van der Waals surface area contributed by atoms with Gasteiger partial charge in [0.25, 0.3) is 0 Å². The molecule has 1 saturated heterocycles. The highest BCUT2D eigenvalue weighted by atomic mass is 31.2. The number of carbonyl (C=O) groups is 4. The monoisotopic (exact) mass is 564 g/mol. The number of phosphoric acid groups is 1. The molecule has 2 amide bonds. The lowest BCUT2D eigenvalue weighted by Gasteiger charge is -2.14. The maximum absolute atomic E-state index is 12.0. The Kier molecular flexibility index (Phi) is 18.5. The highest BCUT2D eigenvalue weighted by Gasteiger charge is 2.37. The summed E-state index contributed by atoms with van der Waals surface area (Å²) in [5.74, 6) is -0.879. The Bertz CT molecular complexity index is 779. The molecule has 3 N–H and O–H groups in total. The first-order valence-electron chi connectivity index (χ1n) is 13.5. The number of nitrogens with zero attached hydrogens (tertiary/aromatic N) is 1. The molecule has 220 valence electrons. The van der Waals surface area contributed by atoms with Crippen LogP contribution in [0, 0.1) is 5.92 Å². The molecule has 2 atom stereocenters. The van der Waals surface area contributed by atoms with E-state index in [-0.39, 0.29) is 62.5 Å². The molecule has 1 aliphatic rings. The van der Waals surface area contributed by atoms with Gasteiger partial charge in [-0.15, -0.1) is 0 Å². The summed E-state index contributed by atoms with van der Waals surface area (Å²) in [5, 5.41) is 0. The molecular weight excluding hydrogens is 519 g/mol. The van der Waals surface area contributed by atoms with Crippen molar-refractivity contribution < 1.29 is 47.2 Å². The highest BCUT2D eigenvalue weighted by molar-refractivity contribution is 7.47. The fourth-order valence-electron chi connectivity index (χ4n) is 3.87. The van der Waals surface area contributed by atoms with Gasteiger partial charge in [-0.3, -0.25) is 33.1 Å². The number of phosphoric ester groups is 1. The number of ketones is 2. The number of rotatable bonds is 25. The zero-order chi connectivity index (χ0) is 28.2. The van der Waals surface area contributed by atoms with E-state index in [0.29, 0.717) is 58.5 Å². The van der Waals surface area contributed by atoms with Gasteiger partial charge in [-0.2, -0.15) is 0 Å². The highest BCUT2D eigenvalue weighted by Crippen LogP contribution is 2.42. The number of ether oxygens (including phenoxy) is 2. The molecule has 0 radical (unpaired) electrons. The number of hydrogen-bond acceptors (Lipinski definition) is 10. The molecule has 1 fully saturated rings. The second kappa shape index (κ2) is 20.4. The van der Waals surface area contributed by atoms with Crippen molar-refractivity contribution in [3.8, 4) is 0 Å². The molecule has 0 aromatic rings. The lowest BCUT2D eigenvalue weighted by molar-refractivity contribution is -0.139. The lowest BCUT2D eigenvalue weighted by Crippen LogP contribution is -2.34. The molecule has 38 heavy (non-hydrogen) atoms. The van der Waals surface area contributed by atoms with E-state index in [0.717, 1.165) is 30.6 Å². The Hall–Kier alpha value is -1.53. The van der Waals surface area contributed by atoms with Gasteiger partial charge in [-0.1, -0.05) is 19.3 Å². The number of likely N-dealkylation sites (tertiary alicyclic amines) is 1. The second-order valence-electron chi connectivity index (χ2n) is 9.16. The van der Waals surface area contributed by atoms with Crippen LogP contribution < -0.4 is 5.73 Å². The summed E-state index contributed by atoms with van der Waals surface area (Å²) in [5.41, 5.74) is 5.48. The number of amides is 2. The summed E-state index contributed by atoms with van der Waals surface area (Å²) < 4.78 is 31.6. The molecule has 0 aromatic carbocycles. The molecule has 0 bridgehead atoms. The van der Waals surface area contributed by atoms with Crippen molar-refractivity contribution in [1.82, 2.24) is 4.90 Å². The van der Waals surface area contributed by atoms with Crippen LogP contribution in [0.15, 0.2) is 0 Å². The molecule has 2 unspecified atom stereocenters. The van der Waals surface area contributed by atoms with E-state index < -0.39 is 13.7 Å². The average Bonchev–Trinajstić information content (AvgIpc) is 3.15. The van der Waals surface area contributed by atoms with Gasteiger partial charge in [-0.25, -0.2) is 4.57 Å². The fourth-order valence-corrected chi connectivity index (χ4v) is 4.63. The summed E-state index contributed by atoms with van der Waals surface area (Å²) in [4.78, 5) is 58.1. The van der Waals surface area contributed by atoms with Gasteiger partial charge in [0.15, 0.2) is 0 Å². The van der Waals surface area contributed by atoms with E-state index in [2.05, 4.69) is 4.52 Å². The Morgan fingerprint density at radius 3 is 2.18 bits per heavy atom. The Labute approximate surface area is 225 Å². The fraction of sp³-hybridized carbons (Fsp3) is 0.840. The summed E-state index contributed by atoms with van der Waals surface area (Å²) in [6, 6.07) is 0. The SMILES string of the molecule is CCOP(=O)(O)OCCCCCCCC(=O)CCOCCOCCCC(=O)CCN1C(=O)CC(CN)C1=O. The van der Waals surface area contributed by atoms with E-state index in [1.54, 1.807) is 6.92 Å². The Morgan fingerprint density at radius 2 is 1.50 bits per heavy atom. The number of imide groups is 1. The van der Waals surface area contributed by atoms with E-state index in [4.69, 9.17) is 19.7 Å². The first kappa shape index (κ1) is 34.5. The van der Waals surface area contributed by atoms with Crippen LogP contribution in [0.4, 0.5) is 0 Å². The predicted molar refractivity (Wildman–Crippen MR) is 139 cm³/mol. The topological polar surface area (TPSA) is 172 Å². The first-order chi connectivity index (χ1) is 18.2. The van der Waals surface area contributed by atoms with Gasteiger partial charge in [0.2, 0.25) is 11.8 Å². The van der Waals surface area contributed by atoms with Gasteiger partial charge in [0.05, 0.1) is 39.0 Å². The summed E-state index contributed by atoms with van der Waals surface area (Å²) in [7, 11) is -3.90. The lowest BCUT2D eigenvalue weighted by atomic mass is 10.1. The van der Waals surface area contributed by atoms with Gasteiger partial charge in [0, 0.05) is 51.8 Å².